The lowest BCUT2D eigenvalue weighted by atomic mass is 10.2. The molecule has 0 fully saturated rings. The number of ether oxygens (including phenoxy) is 1. The minimum Gasteiger partial charge on any atom is -0.459 e. The van der Waals surface area contributed by atoms with Gasteiger partial charge in [0.2, 0.25) is 0 Å². The molecule has 3 rings (SSSR count). The van der Waals surface area contributed by atoms with Gasteiger partial charge in [-0.15, -0.1) is 0 Å². The highest BCUT2D eigenvalue weighted by Gasteiger charge is 2.35. The summed E-state index contributed by atoms with van der Waals surface area (Å²) < 4.78 is 45.2. The van der Waals surface area contributed by atoms with E-state index >= 15 is 0 Å². The standard InChI is InChI=1S/C18H13F3N4O3/c19-18(20,21)15-10-22-17(28-11-12-5-2-1-3-6-12)24-16(15)23-13-7-4-8-14(9-13)25(26)27/h1-10H,11H2,(H,22,23,24). The highest BCUT2D eigenvalue weighted by atomic mass is 19.4. The minimum atomic E-state index is -4.72. The van der Waals surface area contributed by atoms with E-state index < -0.39 is 22.5 Å². The topological polar surface area (TPSA) is 90.2 Å². The Morgan fingerprint density at radius 2 is 1.86 bits per heavy atom. The Morgan fingerprint density at radius 1 is 1.11 bits per heavy atom. The first-order valence-electron chi connectivity index (χ1n) is 7.95. The number of nitrogens with one attached hydrogen (secondary N) is 1. The van der Waals surface area contributed by atoms with Crippen LogP contribution in [0.15, 0.2) is 60.8 Å². The number of alkyl halides is 3. The normalized spacial score (nSPS) is 11.1. The second kappa shape index (κ2) is 7.91. The average molecular weight is 390 g/mol. The van der Waals surface area contributed by atoms with Gasteiger partial charge in [-0.1, -0.05) is 36.4 Å². The van der Waals surface area contributed by atoms with Crippen LogP contribution in [0.5, 0.6) is 6.01 Å². The van der Waals surface area contributed by atoms with E-state index in [2.05, 4.69) is 15.3 Å². The van der Waals surface area contributed by atoms with Crippen molar-refractivity contribution >= 4 is 17.2 Å². The summed E-state index contributed by atoms with van der Waals surface area (Å²) in [5.74, 6) is -0.564. The molecule has 0 bridgehead atoms. The van der Waals surface area contributed by atoms with Crippen molar-refractivity contribution in [1.82, 2.24) is 9.97 Å². The van der Waals surface area contributed by atoms with E-state index in [9.17, 15) is 23.3 Å². The summed E-state index contributed by atoms with van der Waals surface area (Å²) in [6.07, 6.45) is -4.12. The quantitative estimate of drug-likeness (QED) is 0.484. The molecule has 28 heavy (non-hydrogen) atoms. The highest BCUT2D eigenvalue weighted by molar-refractivity contribution is 5.62. The van der Waals surface area contributed by atoms with E-state index in [1.165, 1.54) is 18.2 Å². The van der Waals surface area contributed by atoms with Gasteiger partial charge < -0.3 is 10.1 Å². The zero-order valence-electron chi connectivity index (χ0n) is 14.2. The van der Waals surface area contributed by atoms with Crippen molar-refractivity contribution in [2.45, 2.75) is 12.8 Å². The predicted octanol–water partition coefficient (Wildman–Crippen LogP) is 4.73. The van der Waals surface area contributed by atoms with Crippen molar-refractivity contribution in [1.29, 1.82) is 0 Å². The van der Waals surface area contributed by atoms with Crippen molar-refractivity contribution < 1.29 is 22.8 Å². The van der Waals surface area contributed by atoms with Crippen LogP contribution >= 0.6 is 0 Å². The molecule has 0 radical (unpaired) electrons. The molecule has 144 valence electrons. The van der Waals surface area contributed by atoms with Gasteiger partial charge in [0.05, 0.1) is 4.92 Å². The van der Waals surface area contributed by atoms with Gasteiger partial charge in [-0.3, -0.25) is 10.1 Å². The number of hydrogen-bond acceptors (Lipinski definition) is 6. The highest BCUT2D eigenvalue weighted by Crippen LogP contribution is 2.35. The number of halogens is 3. The third kappa shape index (κ3) is 4.72. The number of nitro benzene ring substituents is 1. The number of benzene rings is 2. The summed E-state index contributed by atoms with van der Waals surface area (Å²) in [4.78, 5) is 17.6. The van der Waals surface area contributed by atoms with Crippen LogP contribution in [0.4, 0.5) is 30.4 Å². The molecule has 1 heterocycles. The van der Waals surface area contributed by atoms with Crippen LogP contribution in [0.1, 0.15) is 11.1 Å². The van der Waals surface area contributed by atoms with Crippen molar-refractivity contribution in [3.8, 4) is 6.01 Å². The molecular formula is C18H13F3N4O3. The fourth-order valence-corrected chi connectivity index (χ4v) is 2.29. The monoisotopic (exact) mass is 390 g/mol. The lowest BCUT2D eigenvalue weighted by Gasteiger charge is -2.14. The fourth-order valence-electron chi connectivity index (χ4n) is 2.29. The first kappa shape index (κ1) is 19.1. The van der Waals surface area contributed by atoms with E-state index in [0.717, 1.165) is 11.6 Å². The summed E-state index contributed by atoms with van der Waals surface area (Å²) >= 11 is 0. The molecular weight excluding hydrogens is 377 g/mol. The second-order valence-electron chi connectivity index (χ2n) is 5.62. The number of rotatable bonds is 6. The third-order valence-electron chi connectivity index (χ3n) is 3.60. The zero-order chi connectivity index (χ0) is 20.1. The first-order valence-corrected chi connectivity index (χ1v) is 7.95. The molecule has 0 aliphatic heterocycles. The predicted molar refractivity (Wildman–Crippen MR) is 94.2 cm³/mol. The van der Waals surface area contributed by atoms with Gasteiger partial charge in [0.1, 0.15) is 18.0 Å². The van der Waals surface area contributed by atoms with Crippen LogP contribution < -0.4 is 10.1 Å². The van der Waals surface area contributed by atoms with Crippen LogP contribution in [-0.4, -0.2) is 14.9 Å². The van der Waals surface area contributed by atoms with Crippen LogP contribution in [0, 0.1) is 10.1 Å². The number of aromatic nitrogens is 2. The molecule has 3 aromatic rings. The maximum absolute atomic E-state index is 13.3. The molecule has 1 aromatic heterocycles. The lowest BCUT2D eigenvalue weighted by molar-refractivity contribution is -0.384. The number of hydrogen-bond donors (Lipinski definition) is 1. The Morgan fingerprint density at radius 3 is 2.54 bits per heavy atom. The van der Waals surface area contributed by atoms with Crippen LogP contribution in [0.2, 0.25) is 0 Å². The molecule has 1 N–H and O–H groups in total. The molecule has 0 unspecified atom stereocenters. The van der Waals surface area contributed by atoms with Gasteiger partial charge in [0.15, 0.2) is 0 Å². The van der Waals surface area contributed by atoms with Crippen LogP contribution in [0.25, 0.3) is 0 Å². The zero-order valence-corrected chi connectivity index (χ0v) is 14.2. The molecule has 0 amide bonds. The molecule has 0 aliphatic rings. The van der Waals surface area contributed by atoms with Gasteiger partial charge in [-0.05, 0) is 11.6 Å². The van der Waals surface area contributed by atoms with E-state index in [4.69, 9.17) is 4.74 Å². The maximum Gasteiger partial charge on any atom is 0.421 e. The number of anilines is 2. The Bertz CT molecular complexity index is 981. The lowest BCUT2D eigenvalue weighted by Crippen LogP contribution is -2.12. The van der Waals surface area contributed by atoms with Gasteiger partial charge >= 0.3 is 12.2 Å². The molecule has 0 aliphatic carbocycles. The summed E-state index contributed by atoms with van der Waals surface area (Å²) in [6, 6.07) is 13.8. The smallest absolute Gasteiger partial charge is 0.421 e. The molecule has 2 aromatic carbocycles. The van der Waals surface area contributed by atoms with E-state index in [-0.39, 0.29) is 24.0 Å². The Labute approximate surface area is 157 Å². The van der Waals surface area contributed by atoms with E-state index in [0.29, 0.717) is 6.20 Å². The minimum absolute atomic E-state index is 0.0719. The number of non-ortho nitro benzene ring substituents is 1. The molecule has 7 nitrogen and oxygen atoms in total. The van der Waals surface area contributed by atoms with Gasteiger partial charge in [-0.25, -0.2) is 4.98 Å². The molecule has 0 saturated carbocycles. The van der Waals surface area contributed by atoms with Crippen molar-refractivity contribution in [3.63, 3.8) is 0 Å². The molecule has 0 spiro atoms. The molecule has 0 atom stereocenters. The van der Waals surface area contributed by atoms with Crippen molar-refractivity contribution in [2.24, 2.45) is 0 Å². The second-order valence-corrected chi connectivity index (χ2v) is 5.62. The third-order valence-corrected chi connectivity index (χ3v) is 3.60. The number of nitro groups is 1. The van der Waals surface area contributed by atoms with Gasteiger partial charge in [-0.2, -0.15) is 18.2 Å². The van der Waals surface area contributed by atoms with Crippen LogP contribution in [-0.2, 0) is 12.8 Å². The van der Waals surface area contributed by atoms with Crippen LogP contribution in [0.3, 0.4) is 0 Å². The summed E-state index contributed by atoms with van der Waals surface area (Å²) in [5.41, 5.74) is -0.522. The van der Waals surface area contributed by atoms with Gasteiger partial charge in [0, 0.05) is 24.0 Å². The first-order chi connectivity index (χ1) is 13.3. The summed E-state index contributed by atoms with van der Waals surface area (Å²) in [5, 5.41) is 13.3. The fraction of sp³-hybridized carbons (Fsp3) is 0.111. The summed E-state index contributed by atoms with van der Waals surface area (Å²) in [7, 11) is 0. The van der Waals surface area contributed by atoms with E-state index in [1.807, 2.05) is 6.07 Å². The van der Waals surface area contributed by atoms with Gasteiger partial charge in [0.25, 0.3) is 5.69 Å². The Balaban J connectivity index is 1.88. The average Bonchev–Trinajstić information content (AvgIpc) is 2.66. The van der Waals surface area contributed by atoms with Crippen molar-refractivity contribution in [2.75, 3.05) is 5.32 Å². The van der Waals surface area contributed by atoms with Crippen molar-refractivity contribution in [3.05, 3.63) is 82.0 Å². The number of nitrogens with zero attached hydrogens (tertiary/aromatic N) is 3. The Kier molecular flexibility index (Phi) is 5.39. The maximum atomic E-state index is 13.3. The molecule has 0 saturated heterocycles. The molecule has 10 heteroatoms. The SMILES string of the molecule is O=[N+]([O-])c1cccc(Nc2nc(OCc3ccccc3)ncc2C(F)(F)F)c1. The largest absolute Gasteiger partial charge is 0.459 e. The summed E-state index contributed by atoms with van der Waals surface area (Å²) in [6.45, 7) is 0.0719. The van der Waals surface area contributed by atoms with E-state index in [1.54, 1.807) is 24.3 Å². The Hall–Kier alpha value is -3.69.